The Balaban J connectivity index is 2.13. The van der Waals surface area contributed by atoms with Gasteiger partial charge in [0.1, 0.15) is 11.6 Å². The van der Waals surface area contributed by atoms with Gasteiger partial charge < -0.3 is 9.72 Å². The van der Waals surface area contributed by atoms with E-state index < -0.39 is 0 Å². The molecule has 5 nitrogen and oxygen atoms in total. The fraction of sp³-hybridized carbons (Fsp3) is 0.421. The molecule has 0 bridgehead atoms. The molecule has 0 fully saturated rings. The molecule has 24 heavy (non-hydrogen) atoms. The molecule has 0 aliphatic carbocycles. The molecular formula is C19H23N3O2. The van der Waals surface area contributed by atoms with Crippen LogP contribution in [0.5, 0.6) is 5.88 Å². The van der Waals surface area contributed by atoms with Crippen LogP contribution in [0, 0.1) is 11.3 Å². The molecule has 0 radical (unpaired) electrons. The number of nitrogens with one attached hydrogen (secondary N) is 1. The van der Waals surface area contributed by atoms with E-state index in [0.29, 0.717) is 12.5 Å². The molecule has 126 valence electrons. The first-order chi connectivity index (χ1) is 11.1. The van der Waals surface area contributed by atoms with Crippen LogP contribution >= 0.6 is 0 Å². The SMILES string of the molecule is CC(C)(C)c1ccc(OCC(C)(C)c2c[nH]c(=O)c(C#N)c2)nc1. The van der Waals surface area contributed by atoms with E-state index in [-0.39, 0.29) is 22.0 Å². The Morgan fingerprint density at radius 3 is 2.46 bits per heavy atom. The molecular weight excluding hydrogens is 302 g/mol. The summed E-state index contributed by atoms with van der Waals surface area (Å²) >= 11 is 0. The molecule has 0 saturated carbocycles. The van der Waals surface area contributed by atoms with Crippen LogP contribution in [0.4, 0.5) is 0 Å². The van der Waals surface area contributed by atoms with Crippen molar-refractivity contribution >= 4 is 0 Å². The number of pyridine rings is 2. The predicted octanol–water partition coefficient (Wildman–Crippen LogP) is 3.30. The average molecular weight is 325 g/mol. The smallest absolute Gasteiger partial charge is 0.265 e. The minimum Gasteiger partial charge on any atom is -0.477 e. The van der Waals surface area contributed by atoms with Crippen molar-refractivity contribution in [3.8, 4) is 11.9 Å². The molecule has 2 aromatic heterocycles. The van der Waals surface area contributed by atoms with Gasteiger partial charge in [-0.25, -0.2) is 4.98 Å². The number of hydrogen-bond acceptors (Lipinski definition) is 4. The number of rotatable bonds is 4. The lowest BCUT2D eigenvalue weighted by molar-refractivity contribution is 0.232. The quantitative estimate of drug-likeness (QED) is 0.935. The van der Waals surface area contributed by atoms with E-state index >= 15 is 0 Å². The van der Waals surface area contributed by atoms with Gasteiger partial charge in [0, 0.05) is 23.9 Å². The maximum Gasteiger partial charge on any atom is 0.265 e. The molecule has 2 rings (SSSR count). The van der Waals surface area contributed by atoms with Gasteiger partial charge in [-0.05, 0) is 22.6 Å². The number of nitrogens with zero attached hydrogens (tertiary/aromatic N) is 2. The number of aromatic amines is 1. The Morgan fingerprint density at radius 2 is 1.92 bits per heavy atom. The van der Waals surface area contributed by atoms with Crippen molar-refractivity contribution in [1.29, 1.82) is 5.26 Å². The Kier molecular flexibility index (Phi) is 4.79. The molecule has 0 atom stereocenters. The second-order valence-corrected chi connectivity index (χ2v) is 7.55. The summed E-state index contributed by atoms with van der Waals surface area (Å²) in [5.41, 5.74) is 1.39. The third-order valence-corrected chi connectivity index (χ3v) is 3.99. The van der Waals surface area contributed by atoms with Crippen LogP contribution in [0.1, 0.15) is 51.3 Å². The molecule has 0 aliphatic rings. The highest BCUT2D eigenvalue weighted by atomic mass is 16.5. The fourth-order valence-corrected chi connectivity index (χ4v) is 2.20. The first-order valence-corrected chi connectivity index (χ1v) is 7.86. The lowest BCUT2D eigenvalue weighted by atomic mass is 9.86. The molecule has 2 aromatic rings. The van der Waals surface area contributed by atoms with Crippen LogP contribution in [-0.2, 0) is 10.8 Å². The van der Waals surface area contributed by atoms with Crippen molar-refractivity contribution in [1.82, 2.24) is 9.97 Å². The van der Waals surface area contributed by atoms with Crippen molar-refractivity contribution in [2.24, 2.45) is 0 Å². The van der Waals surface area contributed by atoms with Crippen LogP contribution in [0.2, 0.25) is 0 Å². The Morgan fingerprint density at radius 1 is 1.21 bits per heavy atom. The number of nitriles is 1. The summed E-state index contributed by atoms with van der Waals surface area (Å²) in [5.74, 6) is 0.556. The first kappa shape index (κ1) is 17.7. The third-order valence-electron chi connectivity index (χ3n) is 3.99. The molecule has 0 saturated heterocycles. The largest absolute Gasteiger partial charge is 0.477 e. The zero-order valence-electron chi connectivity index (χ0n) is 14.8. The lowest BCUT2D eigenvalue weighted by Gasteiger charge is -2.25. The maximum atomic E-state index is 11.5. The lowest BCUT2D eigenvalue weighted by Crippen LogP contribution is -2.28. The van der Waals surface area contributed by atoms with Crippen molar-refractivity contribution in [3.05, 3.63) is 57.6 Å². The minimum absolute atomic E-state index is 0.0500. The van der Waals surface area contributed by atoms with E-state index in [1.807, 2.05) is 38.2 Å². The number of ether oxygens (including phenoxy) is 1. The van der Waals surface area contributed by atoms with Gasteiger partial charge in [-0.1, -0.05) is 40.7 Å². The molecule has 0 unspecified atom stereocenters. The third kappa shape index (κ3) is 4.02. The molecule has 1 N–H and O–H groups in total. The van der Waals surface area contributed by atoms with Gasteiger partial charge in [-0.15, -0.1) is 0 Å². The van der Waals surface area contributed by atoms with Crippen molar-refractivity contribution in [2.45, 2.75) is 45.4 Å². The van der Waals surface area contributed by atoms with Gasteiger partial charge in [0.15, 0.2) is 0 Å². The normalized spacial score (nSPS) is 11.8. The molecule has 0 amide bonds. The number of hydrogen-bond donors (Lipinski definition) is 1. The van der Waals surface area contributed by atoms with Gasteiger partial charge in [-0.3, -0.25) is 4.79 Å². The second kappa shape index (κ2) is 6.48. The number of H-pyrrole nitrogens is 1. The van der Waals surface area contributed by atoms with Gasteiger partial charge in [0.25, 0.3) is 5.56 Å². The summed E-state index contributed by atoms with van der Waals surface area (Å²) in [5, 5.41) is 9.00. The van der Waals surface area contributed by atoms with Gasteiger partial charge >= 0.3 is 0 Å². The Bertz CT molecular complexity index is 806. The second-order valence-electron chi connectivity index (χ2n) is 7.55. The fourth-order valence-electron chi connectivity index (χ4n) is 2.20. The van der Waals surface area contributed by atoms with Gasteiger partial charge in [0.05, 0.1) is 6.61 Å². The van der Waals surface area contributed by atoms with E-state index in [1.54, 1.807) is 12.3 Å². The van der Waals surface area contributed by atoms with Crippen LogP contribution in [0.3, 0.4) is 0 Å². The number of aromatic nitrogens is 2. The van der Waals surface area contributed by atoms with Crippen molar-refractivity contribution < 1.29 is 4.74 Å². The van der Waals surface area contributed by atoms with Gasteiger partial charge in [0.2, 0.25) is 5.88 Å². The monoisotopic (exact) mass is 325 g/mol. The van der Waals surface area contributed by atoms with Gasteiger partial charge in [-0.2, -0.15) is 5.26 Å². The molecule has 0 spiro atoms. The molecule has 5 heteroatoms. The Labute approximate surface area is 142 Å². The summed E-state index contributed by atoms with van der Waals surface area (Å²) < 4.78 is 5.81. The Hall–Kier alpha value is -2.61. The van der Waals surface area contributed by atoms with E-state index in [0.717, 1.165) is 11.1 Å². The summed E-state index contributed by atoms with van der Waals surface area (Å²) in [4.78, 5) is 18.5. The summed E-state index contributed by atoms with van der Waals surface area (Å²) in [6.07, 6.45) is 3.46. The van der Waals surface area contributed by atoms with E-state index in [2.05, 4.69) is 30.7 Å². The van der Waals surface area contributed by atoms with E-state index in [9.17, 15) is 4.79 Å². The zero-order chi connectivity index (χ0) is 18.0. The standard InChI is InChI=1S/C19H23N3O2/c1-18(2,3)14-6-7-16(21-10-14)24-12-19(4,5)15-8-13(9-20)17(23)22-11-15/h6-8,10-11H,12H2,1-5H3,(H,22,23). The molecule has 0 aromatic carbocycles. The summed E-state index contributed by atoms with van der Waals surface area (Å²) in [6, 6.07) is 7.40. The predicted molar refractivity (Wildman–Crippen MR) is 93.2 cm³/mol. The van der Waals surface area contributed by atoms with E-state index in [1.165, 1.54) is 0 Å². The highest BCUT2D eigenvalue weighted by molar-refractivity contribution is 5.33. The summed E-state index contributed by atoms with van der Waals surface area (Å²) in [7, 11) is 0. The molecule has 2 heterocycles. The topological polar surface area (TPSA) is 78.8 Å². The average Bonchev–Trinajstić information content (AvgIpc) is 2.53. The van der Waals surface area contributed by atoms with Crippen molar-refractivity contribution in [3.63, 3.8) is 0 Å². The van der Waals surface area contributed by atoms with Crippen molar-refractivity contribution in [2.75, 3.05) is 6.61 Å². The van der Waals surface area contributed by atoms with E-state index in [4.69, 9.17) is 10.00 Å². The van der Waals surface area contributed by atoms with Crippen LogP contribution in [0.25, 0.3) is 0 Å². The highest BCUT2D eigenvalue weighted by Gasteiger charge is 2.23. The zero-order valence-corrected chi connectivity index (χ0v) is 14.8. The first-order valence-electron chi connectivity index (χ1n) is 7.86. The van der Waals surface area contributed by atoms with Crippen LogP contribution < -0.4 is 10.3 Å². The highest BCUT2D eigenvalue weighted by Crippen LogP contribution is 2.25. The van der Waals surface area contributed by atoms with Crippen LogP contribution in [-0.4, -0.2) is 16.6 Å². The minimum atomic E-state index is -0.377. The van der Waals surface area contributed by atoms with Crippen LogP contribution in [0.15, 0.2) is 35.4 Å². The maximum absolute atomic E-state index is 11.5. The molecule has 0 aliphatic heterocycles. The summed E-state index contributed by atoms with van der Waals surface area (Å²) in [6.45, 7) is 10.8.